The Kier molecular flexibility index (Phi) is 4.27. The molecule has 0 N–H and O–H groups in total. The number of nitrogens with zero attached hydrogens (tertiary/aromatic N) is 3. The van der Waals surface area contributed by atoms with E-state index < -0.39 is 0 Å². The fraction of sp³-hybridized carbons (Fsp3) is 0.444. The van der Waals surface area contributed by atoms with E-state index in [1.807, 2.05) is 35.6 Å². The summed E-state index contributed by atoms with van der Waals surface area (Å²) in [4.78, 5) is 18.5. The average Bonchev–Trinajstić information content (AvgIpc) is 3.08. The Morgan fingerprint density at radius 3 is 2.77 bits per heavy atom. The zero-order valence-corrected chi connectivity index (χ0v) is 13.3. The molecule has 0 bridgehead atoms. The summed E-state index contributed by atoms with van der Waals surface area (Å²) in [5, 5.41) is 0. The molecule has 1 saturated heterocycles. The third-order valence-corrected chi connectivity index (χ3v) is 4.20. The monoisotopic (exact) mass is 297 g/mol. The van der Waals surface area contributed by atoms with Crippen molar-refractivity contribution in [2.24, 2.45) is 5.92 Å². The molecule has 1 aromatic carbocycles. The van der Waals surface area contributed by atoms with Gasteiger partial charge < -0.3 is 9.47 Å². The van der Waals surface area contributed by atoms with Crippen LogP contribution in [0.2, 0.25) is 0 Å². The number of likely N-dealkylation sites (tertiary alicyclic amines) is 1. The number of imidazole rings is 1. The lowest BCUT2D eigenvalue weighted by Gasteiger charge is -2.18. The Morgan fingerprint density at radius 2 is 2.05 bits per heavy atom. The van der Waals surface area contributed by atoms with Gasteiger partial charge in [0.15, 0.2) is 0 Å². The van der Waals surface area contributed by atoms with Gasteiger partial charge in [-0.05, 0) is 11.5 Å². The highest BCUT2D eigenvalue weighted by Crippen LogP contribution is 2.29. The maximum atomic E-state index is 12.3. The molecule has 2 heterocycles. The number of rotatable bonds is 5. The molecule has 0 spiro atoms. The molecule has 1 aliphatic rings. The SMILES string of the molecule is CC(C)Cn1cncc1CN1CC(c2ccccc2)CC1=O. The van der Waals surface area contributed by atoms with E-state index in [1.54, 1.807) is 0 Å². The summed E-state index contributed by atoms with van der Waals surface area (Å²) in [5.74, 6) is 1.13. The van der Waals surface area contributed by atoms with Crippen LogP contribution >= 0.6 is 0 Å². The van der Waals surface area contributed by atoms with Crippen molar-refractivity contribution in [3.63, 3.8) is 0 Å². The van der Waals surface area contributed by atoms with E-state index in [0.717, 1.165) is 18.8 Å². The lowest BCUT2D eigenvalue weighted by atomic mass is 9.99. The van der Waals surface area contributed by atoms with Gasteiger partial charge in [-0.15, -0.1) is 0 Å². The molecular formula is C18H23N3O. The van der Waals surface area contributed by atoms with Crippen molar-refractivity contribution in [3.8, 4) is 0 Å². The minimum Gasteiger partial charge on any atom is -0.336 e. The van der Waals surface area contributed by atoms with Crippen molar-refractivity contribution in [1.82, 2.24) is 14.5 Å². The summed E-state index contributed by atoms with van der Waals surface area (Å²) in [6.45, 7) is 6.79. The molecule has 1 amide bonds. The fourth-order valence-electron chi connectivity index (χ4n) is 3.11. The predicted octanol–water partition coefficient (Wildman–Crippen LogP) is 3.06. The quantitative estimate of drug-likeness (QED) is 0.850. The average molecular weight is 297 g/mol. The minimum atomic E-state index is 0.242. The first kappa shape index (κ1) is 14.8. The Bertz CT molecular complexity index is 633. The summed E-state index contributed by atoms with van der Waals surface area (Å²) < 4.78 is 2.16. The zero-order chi connectivity index (χ0) is 15.5. The van der Waals surface area contributed by atoms with Gasteiger partial charge in [-0.3, -0.25) is 4.79 Å². The highest BCUT2D eigenvalue weighted by Gasteiger charge is 2.30. The van der Waals surface area contributed by atoms with Crippen LogP contribution in [0.15, 0.2) is 42.9 Å². The molecule has 4 heteroatoms. The van der Waals surface area contributed by atoms with Crippen LogP contribution in [0, 0.1) is 5.92 Å². The molecular weight excluding hydrogens is 274 g/mol. The normalized spacial score (nSPS) is 18.4. The van der Waals surface area contributed by atoms with Crippen molar-refractivity contribution in [1.29, 1.82) is 0 Å². The van der Waals surface area contributed by atoms with Crippen LogP contribution in [0.4, 0.5) is 0 Å². The van der Waals surface area contributed by atoms with Gasteiger partial charge in [-0.2, -0.15) is 0 Å². The lowest BCUT2D eigenvalue weighted by Crippen LogP contribution is -2.26. The molecule has 22 heavy (non-hydrogen) atoms. The molecule has 1 aliphatic heterocycles. The minimum absolute atomic E-state index is 0.242. The smallest absolute Gasteiger partial charge is 0.223 e. The van der Waals surface area contributed by atoms with Crippen molar-refractivity contribution < 1.29 is 4.79 Å². The molecule has 3 rings (SSSR count). The van der Waals surface area contributed by atoms with E-state index in [2.05, 4.69) is 35.5 Å². The predicted molar refractivity (Wildman–Crippen MR) is 86.3 cm³/mol. The Balaban J connectivity index is 1.69. The molecule has 1 fully saturated rings. The van der Waals surface area contributed by atoms with E-state index in [0.29, 0.717) is 24.8 Å². The van der Waals surface area contributed by atoms with E-state index in [4.69, 9.17) is 0 Å². The first-order valence-electron chi connectivity index (χ1n) is 7.95. The summed E-state index contributed by atoms with van der Waals surface area (Å²) in [6.07, 6.45) is 4.36. The lowest BCUT2D eigenvalue weighted by molar-refractivity contribution is -0.128. The van der Waals surface area contributed by atoms with Crippen LogP contribution in [0.25, 0.3) is 0 Å². The van der Waals surface area contributed by atoms with Crippen LogP contribution in [0.3, 0.4) is 0 Å². The number of benzene rings is 1. The third-order valence-electron chi connectivity index (χ3n) is 4.20. The van der Waals surface area contributed by atoms with E-state index in [1.165, 1.54) is 5.56 Å². The Labute approximate surface area is 131 Å². The molecule has 0 radical (unpaired) electrons. The molecule has 2 aromatic rings. The second-order valence-corrected chi connectivity index (χ2v) is 6.52. The van der Waals surface area contributed by atoms with Gasteiger partial charge in [0.1, 0.15) is 0 Å². The molecule has 4 nitrogen and oxygen atoms in total. The Morgan fingerprint density at radius 1 is 1.27 bits per heavy atom. The second-order valence-electron chi connectivity index (χ2n) is 6.52. The van der Waals surface area contributed by atoms with Crippen molar-refractivity contribution in [3.05, 3.63) is 54.1 Å². The first-order chi connectivity index (χ1) is 10.6. The first-order valence-corrected chi connectivity index (χ1v) is 7.95. The summed E-state index contributed by atoms with van der Waals surface area (Å²) in [6, 6.07) is 10.3. The summed E-state index contributed by atoms with van der Waals surface area (Å²) in [7, 11) is 0. The number of carbonyl (C=O) groups excluding carboxylic acids is 1. The maximum absolute atomic E-state index is 12.3. The van der Waals surface area contributed by atoms with Crippen LogP contribution in [-0.4, -0.2) is 26.9 Å². The van der Waals surface area contributed by atoms with E-state index in [9.17, 15) is 4.79 Å². The zero-order valence-electron chi connectivity index (χ0n) is 13.3. The van der Waals surface area contributed by atoms with Crippen LogP contribution < -0.4 is 0 Å². The number of hydrogen-bond donors (Lipinski definition) is 0. The van der Waals surface area contributed by atoms with Crippen LogP contribution in [0.1, 0.15) is 37.4 Å². The molecule has 0 aliphatic carbocycles. The number of amides is 1. The van der Waals surface area contributed by atoms with Crippen molar-refractivity contribution in [2.75, 3.05) is 6.54 Å². The van der Waals surface area contributed by atoms with E-state index >= 15 is 0 Å². The highest BCUT2D eigenvalue weighted by atomic mass is 16.2. The standard InChI is InChI=1S/C18H23N3O/c1-14(2)10-21-13-19-9-17(21)12-20-11-16(8-18(20)22)15-6-4-3-5-7-15/h3-7,9,13-14,16H,8,10-12H2,1-2H3. The number of hydrogen-bond acceptors (Lipinski definition) is 2. The van der Waals surface area contributed by atoms with Crippen molar-refractivity contribution >= 4 is 5.91 Å². The highest BCUT2D eigenvalue weighted by molar-refractivity contribution is 5.79. The third kappa shape index (κ3) is 3.21. The number of carbonyl (C=O) groups is 1. The molecule has 116 valence electrons. The van der Waals surface area contributed by atoms with E-state index in [-0.39, 0.29) is 5.91 Å². The van der Waals surface area contributed by atoms with Gasteiger partial charge in [0.25, 0.3) is 0 Å². The largest absolute Gasteiger partial charge is 0.336 e. The van der Waals surface area contributed by atoms with Gasteiger partial charge in [-0.25, -0.2) is 4.98 Å². The van der Waals surface area contributed by atoms with Gasteiger partial charge in [0.2, 0.25) is 5.91 Å². The topological polar surface area (TPSA) is 38.1 Å². The molecule has 0 saturated carbocycles. The van der Waals surface area contributed by atoms with Crippen LogP contribution in [-0.2, 0) is 17.9 Å². The van der Waals surface area contributed by atoms with Crippen LogP contribution in [0.5, 0.6) is 0 Å². The van der Waals surface area contributed by atoms with Gasteiger partial charge in [0.05, 0.1) is 18.6 Å². The molecule has 1 atom stereocenters. The van der Waals surface area contributed by atoms with Gasteiger partial charge in [-0.1, -0.05) is 44.2 Å². The molecule has 1 unspecified atom stereocenters. The van der Waals surface area contributed by atoms with Gasteiger partial charge in [0, 0.05) is 31.6 Å². The number of aromatic nitrogens is 2. The van der Waals surface area contributed by atoms with Gasteiger partial charge >= 0.3 is 0 Å². The van der Waals surface area contributed by atoms with Crippen molar-refractivity contribution in [2.45, 2.75) is 39.3 Å². The second kappa shape index (κ2) is 6.34. The summed E-state index contributed by atoms with van der Waals surface area (Å²) in [5.41, 5.74) is 2.38. The maximum Gasteiger partial charge on any atom is 0.223 e. The fourth-order valence-corrected chi connectivity index (χ4v) is 3.11. The summed E-state index contributed by atoms with van der Waals surface area (Å²) >= 11 is 0. The molecule has 1 aromatic heterocycles. The Hall–Kier alpha value is -2.10.